The highest BCUT2D eigenvalue weighted by Crippen LogP contribution is 2.08. The molecule has 0 spiro atoms. The molecule has 0 atom stereocenters. The van der Waals surface area contributed by atoms with E-state index < -0.39 is 11.6 Å². The van der Waals surface area contributed by atoms with Gasteiger partial charge in [0, 0.05) is 6.42 Å². The number of carbonyl (C=O) groups is 2. The third-order valence-corrected chi connectivity index (χ3v) is 1.45. The second-order valence-electron chi connectivity index (χ2n) is 2.15. The Balaban J connectivity index is 2.79. The van der Waals surface area contributed by atoms with Crippen molar-refractivity contribution >= 4 is 17.3 Å². The lowest BCUT2D eigenvalue weighted by molar-refractivity contribution is -0.133. The Labute approximate surface area is 57.5 Å². The minimum atomic E-state index is -0.631. The van der Waals surface area contributed by atoms with Crippen LogP contribution in [0.1, 0.15) is 19.3 Å². The number of hydrogen-bond acceptors (Lipinski definition) is 4. The molecule has 0 saturated heterocycles. The van der Waals surface area contributed by atoms with Gasteiger partial charge >= 0.3 is 0 Å². The van der Waals surface area contributed by atoms with Crippen molar-refractivity contribution in [2.45, 2.75) is 19.3 Å². The van der Waals surface area contributed by atoms with Gasteiger partial charge in [-0.15, -0.1) is 0 Å². The van der Waals surface area contributed by atoms with Crippen LogP contribution in [0.3, 0.4) is 0 Å². The molecule has 1 rings (SSSR count). The van der Waals surface area contributed by atoms with Crippen LogP contribution in [0.4, 0.5) is 0 Å². The van der Waals surface area contributed by atoms with Crippen molar-refractivity contribution in [2.24, 2.45) is 5.16 Å². The van der Waals surface area contributed by atoms with Gasteiger partial charge in [0.05, 0.1) is 0 Å². The van der Waals surface area contributed by atoms with Gasteiger partial charge in [-0.1, -0.05) is 5.16 Å². The number of hydrogen-bond donors (Lipinski definition) is 1. The number of nitrogens with zero attached hydrogens (tertiary/aromatic N) is 1. The Morgan fingerprint density at radius 2 is 2.00 bits per heavy atom. The maximum absolute atomic E-state index is 10.7. The molecule has 10 heavy (non-hydrogen) atoms. The first-order valence-electron chi connectivity index (χ1n) is 3.04. The van der Waals surface area contributed by atoms with Gasteiger partial charge in [0.2, 0.25) is 11.6 Å². The summed E-state index contributed by atoms with van der Waals surface area (Å²) in [5.74, 6) is -1.08. The van der Waals surface area contributed by atoms with E-state index >= 15 is 0 Å². The van der Waals surface area contributed by atoms with Gasteiger partial charge in [0.1, 0.15) is 5.71 Å². The third kappa shape index (κ3) is 1.05. The first-order valence-corrected chi connectivity index (χ1v) is 3.04. The van der Waals surface area contributed by atoms with Crippen LogP contribution in [0.2, 0.25) is 0 Å². The zero-order chi connectivity index (χ0) is 7.56. The highest BCUT2D eigenvalue weighted by Gasteiger charge is 2.25. The van der Waals surface area contributed by atoms with Crippen molar-refractivity contribution in [1.29, 1.82) is 0 Å². The zero-order valence-electron chi connectivity index (χ0n) is 5.33. The smallest absolute Gasteiger partial charge is 0.246 e. The monoisotopic (exact) mass is 141 g/mol. The van der Waals surface area contributed by atoms with Gasteiger partial charge in [-0.3, -0.25) is 9.59 Å². The second-order valence-corrected chi connectivity index (χ2v) is 2.15. The van der Waals surface area contributed by atoms with Crippen LogP contribution in [0.5, 0.6) is 0 Å². The molecule has 54 valence electrons. The van der Waals surface area contributed by atoms with Crippen LogP contribution < -0.4 is 0 Å². The maximum Gasteiger partial charge on any atom is 0.246 e. The van der Waals surface area contributed by atoms with Crippen LogP contribution in [0, 0.1) is 0 Å². The molecule has 0 aromatic heterocycles. The Kier molecular flexibility index (Phi) is 1.80. The number of carbonyl (C=O) groups excluding carboxylic acids is 2. The van der Waals surface area contributed by atoms with Crippen LogP contribution in [0.25, 0.3) is 0 Å². The molecule has 0 bridgehead atoms. The highest BCUT2D eigenvalue weighted by molar-refractivity contribution is 6.65. The Hall–Kier alpha value is -1.19. The number of ketones is 2. The van der Waals surface area contributed by atoms with Crippen molar-refractivity contribution in [1.82, 2.24) is 0 Å². The SMILES string of the molecule is O=C1CCCC(=NO)C1=O. The zero-order valence-corrected chi connectivity index (χ0v) is 5.33. The summed E-state index contributed by atoms with van der Waals surface area (Å²) >= 11 is 0. The highest BCUT2D eigenvalue weighted by atomic mass is 16.4. The molecule has 0 unspecified atom stereocenters. The molecular weight excluding hydrogens is 134 g/mol. The third-order valence-electron chi connectivity index (χ3n) is 1.45. The fraction of sp³-hybridized carbons (Fsp3) is 0.500. The molecule has 4 nitrogen and oxygen atoms in total. The molecule has 1 N–H and O–H groups in total. The molecule has 0 heterocycles. The van der Waals surface area contributed by atoms with Gasteiger partial charge in [-0.2, -0.15) is 0 Å². The van der Waals surface area contributed by atoms with E-state index in [4.69, 9.17) is 5.21 Å². The number of Topliss-reactive ketones (excluding diaryl/α,β-unsaturated/α-hetero) is 2. The van der Waals surface area contributed by atoms with E-state index in [1.807, 2.05) is 0 Å². The Morgan fingerprint density at radius 1 is 1.30 bits per heavy atom. The van der Waals surface area contributed by atoms with Crippen molar-refractivity contribution < 1.29 is 14.8 Å². The molecule has 4 heteroatoms. The van der Waals surface area contributed by atoms with Crippen LogP contribution in [-0.4, -0.2) is 22.5 Å². The normalized spacial score (nSPS) is 23.8. The Morgan fingerprint density at radius 3 is 2.50 bits per heavy atom. The summed E-state index contributed by atoms with van der Waals surface area (Å²) in [6.45, 7) is 0. The van der Waals surface area contributed by atoms with Gasteiger partial charge in [-0.25, -0.2) is 0 Å². The lowest BCUT2D eigenvalue weighted by atomic mass is 9.96. The molecule has 1 aliphatic carbocycles. The largest absolute Gasteiger partial charge is 0.411 e. The Bertz CT molecular complexity index is 207. The molecule has 1 aliphatic rings. The standard InChI is InChI=1S/C6H7NO3/c8-5-3-1-2-4(7-10)6(5)9/h10H,1-3H2. The summed E-state index contributed by atoms with van der Waals surface area (Å²) in [7, 11) is 0. The fourth-order valence-electron chi connectivity index (χ4n) is 0.900. The summed E-state index contributed by atoms with van der Waals surface area (Å²) in [4.78, 5) is 21.3. The van der Waals surface area contributed by atoms with Crippen molar-refractivity contribution in [3.63, 3.8) is 0 Å². The summed E-state index contributed by atoms with van der Waals surface area (Å²) in [5.41, 5.74) is -0.00347. The molecule has 1 saturated carbocycles. The topological polar surface area (TPSA) is 66.7 Å². The number of rotatable bonds is 0. The molecule has 0 radical (unpaired) electrons. The summed E-state index contributed by atoms with van der Waals surface area (Å²) in [5, 5.41) is 10.9. The number of oxime groups is 1. The predicted molar refractivity (Wildman–Crippen MR) is 33.1 cm³/mol. The minimum absolute atomic E-state index is 0.00347. The van der Waals surface area contributed by atoms with E-state index in [0.29, 0.717) is 12.8 Å². The molecule has 0 aliphatic heterocycles. The van der Waals surface area contributed by atoms with E-state index in [-0.39, 0.29) is 12.1 Å². The van der Waals surface area contributed by atoms with E-state index in [1.54, 1.807) is 0 Å². The van der Waals surface area contributed by atoms with Crippen LogP contribution in [-0.2, 0) is 9.59 Å². The molecule has 1 fully saturated rings. The molecular formula is C6H7NO3. The first kappa shape index (κ1) is 6.92. The molecule has 0 aromatic carbocycles. The van der Waals surface area contributed by atoms with E-state index in [1.165, 1.54) is 0 Å². The van der Waals surface area contributed by atoms with E-state index in [0.717, 1.165) is 0 Å². The summed E-state index contributed by atoms with van der Waals surface area (Å²) in [6, 6.07) is 0. The van der Waals surface area contributed by atoms with E-state index in [2.05, 4.69) is 5.16 Å². The predicted octanol–water partition coefficient (Wildman–Crippen LogP) is 0.139. The second kappa shape index (κ2) is 2.60. The summed E-state index contributed by atoms with van der Waals surface area (Å²) in [6.07, 6.45) is 1.32. The molecule has 0 amide bonds. The fourth-order valence-corrected chi connectivity index (χ4v) is 0.900. The van der Waals surface area contributed by atoms with Gasteiger partial charge in [0.15, 0.2) is 0 Å². The summed E-state index contributed by atoms with van der Waals surface area (Å²) < 4.78 is 0. The van der Waals surface area contributed by atoms with Crippen molar-refractivity contribution in [3.05, 3.63) is 0 Å². The minimum Gasteiger partial charge on any atom is -0.411 e. The van der Waals surface area contributed by atoms with Gasteiger partial charge < -0.3 is 5.21 Å². The average molecular weight is 141 g/mol. The van der Waals surface area contributed by atoms with Crippen molar-refractivity contribution in [2.75, 3.05) is 0 Å². The van der Waals surface area contributed by atoms with Gasteiger partial charge in [0.25, 0.3) is 0 Å². The van der Waals surface area contributed by atoms with Gasteiger partial charge in [-0.05, 0) is 12.8 Å². The van der Waals surface area contributed by atoms with Crippen LogP contribution in [0.15, 0.2) is 5.16 Å². The lowest BCUT2D eigenvalue weighted by Gasteiger charge is -2.07. The quantitative estimate of drug-likeness (QED) is 0.296. The van der Waals surface area contributed by atoms with Crippen LogP contribution >= 0.6 is 0 Å². The van der Waals surface area contributed by atoms with E-state index in [9.17, 15) is 9.59 Å². The lowest BCUT2D eigenvalue weighted by Crippen LogP contribution is -2.28. The average Bonchev–Trinajstić information content (AvgIpc) is 1.95. The van der Waals surface area contributed by atoms with Crippen molar-refractivity contribution in [3.8, 4) is 0 Å². The first-order chi connectivity index (χ1) is 4.75. The maximum atomic E-state index is 10.7. The molecule has 0 aromatic rings.